The van der Waals surface area contributed by atoms with Crippen molar-refractivity contribution in [3.63, 3.8) is 0 Å². The molecule has 0 aliphatic heterocycles. The molecule has 11 heteroatoms. The number of H-pyrrole nitrogens is 1. The number of aromatic amines is 1. The molecule has 5 rings (SSSR count). The van der Waals surface area contributed by atoms with Crippen molar-refractivity contribution in [3.05, 3.63) is 100 Å². The average molecular weight is 604 g/mol. The molecule has 2 N–H and O–H groups in total. The molecule has 0 unspecified atom stereocenters. The quantitative estimate of drug-likeness (QED) is 0.220. The van der Waals surface area contributed by atoms with Crippen molar-refractivity contribution >= 4 is 37.6 Å². The molecule has 0 fully saturated rings. The number of hydrogen-bond donors (Lipinski definition) is 2. The fourth-order valence-corrected chi connectivity index (χ4v) is 6.40. The Labute approximate surface area is 249 Å². The molecule has 0 aliphatic rings. The number of carbonyl (C=O) groups is 1. The summed E-state index contributed by atoms with van der Waals surface area (Å²) in [7, 11) is -2.71. The summed E-state index contributed by atoms with van der Waals surface area (Å²) < 4.78 is 46.8. The lowest BCUT2D eigenvalue weighted by atomic mass is 10.1. The number of nitrogens with zero attached hydrogens (tertiary/aromatic N) is 1. The first-order valence-electron chi connectivity index (χ1n) is 13.8. The highest BCUT2D eigenvalue weighted by molar-refractivity contribution is 7.89. The highest BCUT2D eigenvalue weighted by Gasteiger charge is 2.26. The second-order valence-corrected chi connectivity index (χ2v) is 11.7. The van der Waals surface area contributed by atoms with E-state index in [-0.39, 0.29) is 5.56 Å². The van der Waals surface area contributed by atoms with E-state index in [1.165, 1.54) is 11.7 Å². The summed E-state index contributed by atoms with van der Waals surface area (Å²) in [5.41, 5.74) is 2.67. The number of fused-ring (bicyclic) bond motifs is 2. The number of carbonyl (C=O) groups excluding carboxylic acids is 1. The molecule has 5 aromatic rings. The van der Waals surface area contributed by atoms with E-state index >= 15 is 0 Å². The molecule has 1 atom stereocenters. The van der Waals surface area contributed by atoms with Gasteiger partial charge in [-0.3, -0.25) is 18.9 Å². The van der Waals surface area contributed by atoms with Crippen LogP contribution in [0.3, 0.4) is 0 Å². The van der Waals surface area contributed by atoms with Gasteiger partial charge in [0.25, 0.3) is 11.5 Å². The minimum atomic E-state index is -4.05. The topological polar surface area (TPSA) is 129 Å². The molecule has 0 aliphatic carbocycles. The first kappa shape index (κ1) is 29.9. The Hall–Kier alpha value is -4.61. The van der Waals surface area contributed by atoms with Crippen LogP contribution in [0, 0.1) is 6.92 Å². The summed E-state index contributed by atoms with van der Waals surface area (Å²) in [6.45, 7) is 6.30. The summed E-state index contributed by atoms with van der Waals surface area (Å²) in [5, 5.41) is 1.74. The van der Waals surface area contributed by atoms with Gasteiger partial charge >= 0.3 is 0 Å². The molecule has 0 spiro atoms. The number of amides is 1. The fraction of sp³-hybridized carbons (Fsp3) is 0.250. The number of rotatable bonds is 11. The third-order valence-corrected chi connectivity index (χ3v) is 8.27. The number of benzene rings is 3. The molecule has 0 radical (unpaired) electrons. The van der Waals surface area contributed by atoms with Crippen molar-refractivity contribution < 1.29 is 27.4 Å². The monoisotopic (exact) mass is 603 g/mol. The minimum absolute atomic E-state index is 0.285. The Balaban J connectivity index is 1.49. The van der Waals surface area contributed by atoms with E-state index in [0.717, 1.165) is 10.9 Å². The molecule has 0 saturated heterocycles. The maximum absolute atomic E-state index is 13.9. The van der Waals surface area contributed by atoms with Crippen molar-refractivity contribution in [2.75, 3.05) is 20.3 Å². The maximum Gasteiger partial charge on any atom is 0.267 e. The van der Waals surface area contributed by atoms with Crippen LogP contribution in [0.15, 0.2) is 77.9 Å². The van der Waals surface area contributed by atoms with Crippen LogP contribution < -0.4 is 19.8 Å². The molecule has 2 aromatic heterocycles. The van der Waals surface area contributed by atoms with Gasteiger partial charge in [-0.05, 0) is 55.7 Å². The van der Waals surface area contributed by atoms with Crippen molar-refractivity contribution in [3.8, 4) is 17.2 Å². The van der Waals surface area contributed by atoms with E-state index in [2.05, 4.69) is 9.71 Å². The van der Waals surface area contributed by atoms with Gasteiger partial charge in [0.1, 0.15) is 5.75 Å². The second-order valence-electron chi connectivity index (χ2n) is 9.95. The van der Waals surface area contributed by atoms with Gasteiger partial charge in [0.2, 0.25) is 10.0 Å². The third-order valence-electron chi connectivity index (χ3n) is 7.05. The fourth-order valence-electron chi connectivity index (χ4n) is 5.29. The molecule has 0 bridgehead atoms. The van der Waals surface area contributed by atoms with Gasteiger partial charge < -0.3 is 19.2 Å². The predicted octanol–water partition coefficient (Wildman–Crippen LogP) is 4.91. The van der Waals surface area contributed by atoms with Crippen LogP contribution >= 0.6 is 0 Å². The van der Waals surface area contributed by atoms with E-state index < -0.39 is 27.8 Å². The number of aromatic nitrogens is 2. The van der Waals surface area contributed by atoms with Crippen LogP contribution in [-0.2, 0) is 25.3 Å². The summed E-state index contributed by atoms with van der Waals surface area (Å²) in [5.74, 6) is -0.199. The van der Waals surface area contributed by atoms with Crippen LogP contribution in [0.5, 0.6) is 11.5 Å². The highest BCUT2D eigenvalue weighted by Crippen LogP contribution is 2.41. The summed E-state index contributed by atoms with van der Waals surface area (Å²) in [4.78, 5) is 29.9. The Morgan fingerprint density at radius 2 is 1.70 bits per heavy atom. The van der Waals surface area contributed by atoms with Crippen LogP contribution in [-0.4, -0.2) is 44.2 Å². The van der Waals surface area contributed by atoms with E-state index in [4.69, 9.17) is 14.2 Å². The Morgan fingerprint density at radius 1 is 0.977 bits per heavy atom. The molecule has 43 heavy (non-hydrogen) atoms. The minimum Gasteiger partial charge on any atom is -0.492 e. The van der Waals surface area contributed by atoms with Gasteiger partial charge in [-0.1, -0.05) is 42.5 Å². The van der Waals surface area contributed by atoms with Gasteiger partial charge in [0.05, 0.1) is 40.9 Å². The van der Waals surface area contributed by atoms with Crippen molar-refractivity contribution in [1.29, 1.82) is 0 Å². The molecule has 0 saturated carbocycles. The summed E-state index contributed by atoms with van der Waals surface area (Å²) in [6.07, 6.45) is 2.44. The van der Waals surface area contributed by atoms with Crippen LogP contribution in [0.2, 0.25) is 0 Å². The third kappa shape index (κ3) is 5.86. The lowest BCUT2D eigenvalue weighted by Gasteiger charge is -2.16. The molecule has 3 aromatic carbocycles. The molecular formula is C32H33N3O7S. The first-order chi connectivity index (χ1) is 20.7. The maximum atomic E-state index is 13.9. The molecule has 10 nitrogen and oxygen atoms in total. The zero-order valence-corrected chi connectivity index (χ0v) is 25.2. The van der Waals surface area contributed by atoms with E-state index in [9.17, 15) is 18.0 Å². The van der Waals surface area contributed by atoms with Crippen LogP contribution in [0.25, 0.3) is 27.4 Å². The number of pyridine rings is 1. The number of nitrogens with one attached hydrogen (secondary N) is 2. The average Bonchev–Trinajstić information content (AvgIpc) is 3.31. The standard InChI is InChI=1S/C32H33N3O7S/c1-5-41-29-23-13-10-16-33-27(23)30(42-6-2)24-18-35(32(37)26(24)29)25-15-14-21(17-20(25)3)19-43(38,39)34-31(36)28(40-4)22-11-8-7-9-12-22/h7-18,28,33H,5-6,19H2,1-4H3,(H,34,36)/t28-/m1/s1. The van der Waals surface area contributed by atoms with Gasteiger partial charge in [-0.15, -0.1) is 0 Å². The Morgan fingerprint density at radius 3 is 2.37 bits per heavy atom. The molecule has 2 heterocycles. The van der Waals surface area contributed by atoms with Crippen LogP contribution in [0.4, 0.5) is 0 Å². The normalized spacial score (nSPS) is 12.4. The summed E-state index contributed by atoms with van der Waals surface area (Å²) in [6, 6.07) is 17.4. The number of aryl methyl sites for hydroxylation is 1. The van der Waals surface area contributed by atoms with E-state index in [1.54, 1.807) is 67.8 Å². The van der Waals surface area contributed by atoms with Crippen molar-refractivity contribution in [2.24, 2.45) is 0 Å². The molecule has 224 valence electrons. The Bertz CT molecular complexity index is 1960. The Kier molecular flexibility index (Phi) is 8.56. The SMILES string of the molecule is CCOc1c2cn(-c3ccc(CS(=O)(=O)NC(=O)[C@H](OC)c4ccccc4)cc3C)c(=O)c2c(OCC)c2ccc[nH]c12. The van der Waals surface area contributed by atoms with Crippen LogP contribution in [0.1, 0.15) is 36.6 Å². The zero-order chi connectivity index (χ0) is 30.7. The number of hydrogen-bond acceptors (Lipinski definition) is 7. The van der Waals surface area contributed by atoms with Gasteiger partial charge in [-0.2, -0.15) is 0 Å². The van der Waals surface area contributed by atoms with Crippen molar-refractivity contribution in [1.82, 2.24) is 14.3 Å². The van der Waals surface area contributed by atoms with Gasteiger partial charge in [0, 0.05) is 24.9 Å². The second kappa shape index (κ2) is 12.3. The largest absolute Gasteiger partial charge is 0.492 e. The zero-order valence-electron chi connectivity index (χ0n) is 24.3. The van der Waals surface area contributed by atoms with Crippen molar-refractivity contribution in [2.45, 2.75) is 32.6 Å². The molecule has 1 amide bonds. The summed E-state index contributed by atoms with van der Waals surface area (Å²) >= 11 is 0. The number of ether oxygens (including phenoxy) is 3. The van der Waals surface area contributed by atoms with E-state index in [1.807, 2.05) is 26.0 Å². The number of sulfonamides is 1. The number of methoxy groups -OCH3 is 1. The first-order valence-corrected chi connectivity index (χ1v) is 15.5. The van der Waals surface area contributed by atoms with Gasteiger partial charge in [-0.25, -0.2) is 8.42 Å². The lowest BCUT2D eigenvalue weighted by molar-refractivity contribution is -0.129. The highest BCUT2D eigenvalue weighted by atomic mass is 32.2. The molecular weight excluding hydrogens is 570 g/mol. The smallest absolute Gasteiger partial charge is 0.267 e. The lowest BCUT2D eigenvalue weighted by Crippen LogP contribution is -2.36. The van der Waals surface area contributed by atoms with E-state index in [0.29, 0.717) is 57.9 Å². The van der Waals surface area contributed by atoms with Gasteiger partial charge in [0.15, 0.2) is 11.9 Å². The predicted molar refractivity (Wildman–Crippen MR) is 165 cm³/mol.